The Bertz CT molecular complexity index is 760. The molecule has 0 radical (unpaired) electrons. The van der Waals surface area contributed by atoms with Crippen molar-refractivity contribution in [2.45, 2.75) is 6.54 Å². The molecule has 0 atom stereocenters. The first-order valence-corrected chi connectivity index (χ1v) is 6.76. The number of nitrogens with two attached hydrogens (primary N) is 1. The Balaban J connectivity index is 2.04. The fraction of sp³-hybridized carbons (Fsp3) is 0.176. The third-order valence-corrected chi connectivity index (χ3v) is 3.59. The van der Waals surface area contributed by atoms with Crippen molar-refractivity contribution < 1.29 is 9.47 Å². The van der Waals surface area contributed by atoms with Gasteiger partial charge in [-0.3, -0.25) is 0 Å². The minimum Gasteiger partial charge on any atom is -0.497 e. The summed E-state index contributed by atoms with van der Waals surface area (Å²) < 4.78 is 13.0. The summed E-state index contributed by atoms with van der Waals surface area (Å²) in [6, 6.07) is 13.9. The molecule has 0 saturated heterocycles. The molecule has 0 aliphatic carbocycles. The lowest BCUT2D eigenvalue weighted by Gasteiger charge is -2.11. The second-order valence-electron chi connectivity index (χ2n) is 4.95. The Kier molecular flexibility index (Phi) is 3.44. The van der Waals surface area contributed by atoms with E-state index in [1.165, 1.54) is 5.56 Å². The lowest BCUT2D eigenvalue weighted by Crippen LogP contribution is -2.00. The summed E-state index contributed by atoms with van der Waals surface area (Å²) in [6.07, 6.45) is 2.06. The highest BCUT2D eigenvalue weighted by Gasteiger charge is 2.10. The molecule has 1 aromatic heterocycles. The maximum atomic E-state index is 5.73. The fourth-order valence-corrected chi connectivity index (χ4v) is 2.51. The summed E-state index contributed by atoms with van der Waals surface area (Å²) in [4.78, 5) is 0. The van der Waals surface area contributed by atoms with Crippen LogP contribution >= 0.6 is 0 Å². The van der Waals surface area contributed by atoms with Gasteiger partial charge in [0.05, 0.1) is 19.7 Å². The zero-order chi connectivity index (χ0) is 14.8. The van der Waals surface area contributed by atoms with E-state index in [0.717, 1.165) is 34.6 Å². The van der Waals surface area contributed by atoms with Crippen LogP contribution in [0, 0.1) is 0 Å². The van der Waals surface area contributed by atoms with Crippen LogP contribution in [-0.2, 0) is 6.54 Å². The second-order valence-corrected chi connectivity index (χ2v) is 4.95. The van der Waals surface area contributed by atoms with Gasteiger partial charge < -0.3 is 19.8 Å². The molecule has 0 amide bonds. The summed E-state index contributed by atoms with van der Waals surface area (Å²) >= 11 is 0. The van der Waals surface area contributed by atoms with Crippen LogP contribution in [0.15, 0.2) is 48.7 Å². The molecule has 2 aromatic carbocycles. The number of hydrogen-bond donors (Lipinski definition) is 1. The number of rotatable bonds is 4. The van der Waals surface area contributed by atoms with Gasteiger partial charge in [-0.25, -0.2) is 0 Å². The van der Waals surface area contributed by atoms with Crippen LogP contribution in [0.1, 0.15) is 5.56 Å². The molecular formula is C17H18N2O2. The van der Waals surface area contributed by atoms with Crippen molar-refractivity contribution >= 4 is 16.6 Å². The Labute approximate surface area is 123 Å². The van der Waals surface area contributed by atoms with E-state index in [-0.39, 0.29) is 0 Å². The summed E-state index contributed by atoms with van der Waals surface area (Å²) in [5.41, 5.74) is 8.76. The average Bonchev–Trinajstić information content (AvgIpc) is 2.91. The van der Waals surface area contributed by atoms with E-state index in [2.05, 4.69) is 16.8 Å². The van der Waals surface area contributed by atoms with Crippen LogP contribution < -0.4 is 15.2 Å². The Hall–Kier alpha value is -2.62. The van der Waals surface area contributed by atoms with Crippen molar-refractivity contribution in [2.75, 3.05) is 20.0 Å². The number of hydrogen-bond acceptors (Lipinski definition) is 3. The van der Waals surface area contributed by atoms with E-state index in [1.54, 1.807) is 14.2 Å². The molecule has 1 heterocycles. The summed E-state index contributed by atoms with van der Waals surface area (Å²) in [5.74, 6) is 1.61. The zero-order valence-corrected chi connectivity index (χ0v) is 12.2. The van der Waals surface area contributed by atoms with E-state index in [9.17, 15) is 0 Å². The number of fused-ring (bicyclic) bond motifs is 1. The standard InChI is InChI=1S/C17H18N2O2/c1-20-15-9-13-7-8-19(17(13)16(10-15)21-2)11-12-3-5-14(18)6-4-12/h3-10H,11,18H2,1-2H3. The van der Waals surface area contributed by atoms with E-state index < -0.39 is 0 Å². The SMILES string of the molecule is COc1cc(OC)c2c(ccn2Cc2ccc(N)cc2)c1. The topological polar surface area (TPSA) is 49.4 Å². The van der Waals surface area contributed by atoms with Gasteiger partial charge in [0.15, 0.2) is 0 Å². The Morgan fingerprint density at radius 3 is 2.43 bits per heavy atom. The predicted molar refractivity (Wildman–Crippen MR) is 85.0 cm³/mol. The van der Waals surface area contributed by atoms with Gasteiger partial charge in [-0.05, 0) is 29.8 Å². The highest BCUT2D eigenvalue weighted by atomic mass is 16.5. The molecule has 0 aliphatic heterocycles. The fourth-order valence-electron chi connectivity index (χ4n) is 2.51. The average molecular weight is 282 g/mol. The number of benzene rings is 2. The molecule has 0 bridgehead atoms. The quantitative estimate of drug-likeness (QED) is 0.747. The van der Waals surface area contributed by atoms with Crippen LogP contribution in [0.5, 0.6) is 11.5 Å². The van der Waals surface area contributed by atoms with Crippen molar-refractivity contribution in [1.82, 2.24) is 4.57 Å². The smallest absolute Gasteiger partial charge is 0.146 e. The van der Waals surface area contributed by atoms with Crippen molar-refractivity contribution in [2.24, 2.45) is 0 Å². The maximum absolute atomic E-state index is 5.73. The van der Waals surface area contributed by atoms with Crippen LogP contribution in [0.2, 0.25) is 0 Å². The third-order valence-electron chi connectivity index (χ3n) is 3.59. The molecule has 3 rings (SSSR count). The van der Waals surface area contributed by atoms with Crippen LogP contribution in [0.3, 0.4) is 0 Å². The van der Waals surface area contributed by atoms with Gasteiger partial charge in [-0.2, -0.15) is 0 Å². The van der Waals surface area contributed by atoms with Crippen molar-refractivity contribution in [3.8, 4) is 11.5 Å². The molecule has 0 saturated carbocycles. The van der Waals surface area contributed by atoms with E-state index >= 15 is 0 Å². The number of aromatic nitrogens is 1. The number of ether oxygens (including phenoxy) is 2. The molecule has 0 fully saturated rings. The van der Waals surface area contributed by atoms with Gasteiger partial charge in [-0.15, -0.1) is 0 Å². The van der Waals surface area contributed by atoms with Gasteiger partial charge in [0.1, 0.15) is 11.5 Å². The number of anilines is 1. The van der Waals surface area contributed by atoms with Gasteiger partial charge >= 0.3 is 0 Å². The van der Waals surface area contributed by atoms with Gasteiger partial charge in [-0.1, -0.05) is 12.1 Å². The van der Waals surface area contributed by atoms with E-state index in [0.29, 0.717) is 0 Å². The number of nitrogen functional groups attached to an aromatic ring is 1. The lowest BCUT2D eigenvalue weighted by atomic mass is 10.2. The first-order valence-electron chi connectivity index (χ1n) is 6.76. The van der Waals surface area contributed by atoms with Gasteiger partial charge in [0.25, 0.3) is 0 Å². The molecule has 0 unspecified atom stereocenters. The molecule has 4 nitrogen and oxygen atoms in total. The van der Waals surface area contributed by atoms with Gasteiger partial charge in [0.2, 0.25) is 0 Å². The molecule has 21 heavy (non-hydrogen) atoms. The molecule has 3 aromatic rings. The Morgan fingerprint density at radius 1 is 1.00 bits per heavy atom. The summed E-state index contributed by atoms with van der Waals surface area (Å²) in [5, 5.41) is 1.10. The van der Waals surface area contributed by atoms with Crippen LogP contribution in [0.4, 0.5) is 5.69 Å². The molecule has 0 aliphatic rings. The van der Waals surface area contributed by atoms with E-state index in [4.69, 9.17) is 15.2 Å². The molecule has 0 spiro atoms. The maximum Gasteiger partial charge on any atom is 0.146 e. The normalized spacial score (nSPS) is 10.8. The minimum absolute atomic E-state index is 0.770. The molecular weight excluding hydrogens is 264 g/mol. The number of nitrogens with zero attached hydrogens (tertiary/aromatic N) is 1. The van der Waals surface area contributed by atoms with Crippen molar-refractivity contribution in [3.63, 3.8) is 0 Å². The van der Waals surface area contributed by atoms with E-state index in [1.807, 2.05) is 36.4 Å². The first-order chi connectivity index (χ1) is 10.2. The Morgan fingerprint density at radius 2 is 1.76 bits per heavy atom. The zero-order valence-electron chi connectivity index (χ0n) is 12.2. The number of methoxy groups -OCH3 is 2. The minimum atomic E-state index is 0.770. The second kappa shape index (κ2) is 5.40. The van der Waals surface area contributed by atoms with Crippen LogP contribution in [-0.4, -0.2) is 18.8 Å². The van der Waals surface area contributed by atoms with Crippen molar-refractivity contribution in [1.29, 1.82) is 0 Å². The largest absolute Gasteiger partial charge is 0.497 e. The highest BCUT2D eigenvalue weighted by Crippen LogP contribution is 2.32. The summed E-state index contributed by atoms with van der Waals surface area (Å²) in [6.45, 7) is 0.770. The molecule has 4 heteroatoms. The molecule has 108 valence electrons. The summed E-state index contributed by atoms with van der Waals surface area (Å²) in [7, 11) is 3.33. The predicted octanol–water partition coefficient (Wildman–Crippen LogP) is 3.29. The first kappa shape index (κ1) is 13.4. The highest BCUT2D eigenvalue weighted by molar-refractivity contribution is 5.87. The lowest BCUT2D eigenvalue weighted by molar-refractivity contribution is 0.397. The van der Waals surface area contributed by atoms with Crippen LogP contribution in [0.25, 0.3) is 10.9 Å². The van der Waals surface area contributed by atoms with Crippen molar-refractivity contribution in [3.05, 3.63) is 54.2 Å². The molecule has 2 N–H and O–H groups in total. The van der Waals surface area contributed by atoms with Gasteiger partial charge in [0, 0.05) is 29.9 Å². The monoisotopic (exact) mass is 282 g/mol. The third kappa shape index (κ3) is 2.52.